The maximum absolute atomic E-state index is 4.98. The Balaban J connectivity index is 1.21. The van der Waals surface area contributed by atoms with Gasteiger partial charge in [0.15, 0.2) is 11.7 Å². The van der Waals surface area contributed by atoms with Crippen LogP contribution in [0.5, 0.6) is 0 Å². The van der Waals surface area contributed by atoms with E-state index in [1.165, 1.54) is 38.6 Å². The van der Waals surface area contributed by atoms with Crippen molar-refractivity contribution in [3.8, 4) is 11.1 Å². The SMILES string of the molecule is C=NC(=NC(=NCc1ccc2c(c1)CCC=C2)c1ccccc1)c1ccc2cc(-c3ccc4ccccc4c3)ccc2c1. The standard InChI is InChI=1S/C40H31N3/c1-41-39(43-40(31-11-3-2-4-12-31)42-27-28-15-16-29-9-5-7-13-32(29)23-28)38-22-21-36-25-35(19-20-37(36)26-38)34-18-17-30-10-6-8-14-33(30)24-34/h2-6,8-12,14-26H,1,7,13,27H2. The summed E-state index contributed by atoms with van der Waals surface area (Å²) in [5.74, 6) is 1.20. The van der Waals surface area contributed by atoms with E-state index in [4.69, 9.17) is 9.98 Å². The summed E-state index contributed by atoms with van der Waals surface area (Å²) in [4.78, 5) is 14.3. The summed E-state index contributed by atoms with van der Waals surface area (Å²) < 4.78 is 0. The predicted molar refractivity (Wildman–Crippen MR) is 183 cm³/mol. The molecule has 0 saturated carbocycles. The van der Waals surface area contributed by atoms with Crippen LogP contribution in [-0.2, 0) is 13.0 Å². The van der Waals surface area contributed by atoms with Gasteiger partial charge in [0.2, 0.25) is 0 Å². The van der Waals surface area contributed by atoms with Gasteiger partial charge >= 0.3 is 0 Å². The van der Waals surface area contributed by atoms with Crippen molar-refractivity contribution in [1.82, 2.24) is 0 Å². The zero-order valence-corrected chi connectivity index (χ0v) is 23.9. The molecule has 7 rings (SSSR count). The number of amidine groups is 2. The van der Waals surface area contributed by atoms with Crippen molar-refractivity contribution in [2.75, 3.05) is 0 Å². The van der Waals surface area contributed by atoms with Gasteiger partial charge in [-0.2, -0.15) is 0 Å². The minimum Gasteiger partial charge on any atom is -0.261 e. The van der Waals surface area contributed by atoms with Crippen LogP contribution < -0.4 is 0 Å². The van der Waals surface area contributed by atoms with Gasteiger partial charge in [-0.3, -0.25) is 4.99 Å². The fourth-order valence-corrected chi connectivity index (χ4v) is 5.76. The van der Waals surface area contributed by atoms with E-state index in [0.717, 1.165) is 34.7 Å². The summed E-state index contributed by atoms with van der Waals surface area (Å²) in [5.41, 5.74) is 8.12. The van der Waals surface area contributed by atoms with Crippen molar-refractivity contribution in [2.45, 2.75) is 19.4 Å². The Hall–Kier alpha value is -5.41. The molecule has 0 saturated heterocycles. The first-order valence-electron chi connectivity index (χ1n) is 14.7. The topological polar surface area (TPSA) is 37.1 Å². The molecule has 0 aromatic heterocycles. The molecule has 0 bridgehead atoms. The number of hydrogen-bond donors (Lipinski definition) is 0. The molecule has 0 spiro atoms. The summed E-state index contributed by atoms with van der Waals surface area (Å²) in [7, 11) is 0. The van der Waals surface area contributed by atoms with Crippen LogP contribution >= 0.6 is 0 Å². The molecule has 3 nitrogen and oxygen atoms in total. The summed E-state index contributed by atoms with van der Waals surface area (Å²) >= 11 is 0. The lowest BCUT2D eigenvalue weighted by Gasteiger charge is -2.12. The molecule has 0 atom stereocenters. The van der Waals surface area contributed by atoms with Gasteiger partial charge in [0, 0.05) is 11.1 Å². The smallest absolute Gasteiger partial charge is 0.161 e. The average molecular weight is 554 g/mol. The third kappa shape index (κ3) is 5.71. The Morgan fingerprint density at radius 2 is 1.30 bits per heavy atom. The summed E-state index contributed by atoms with van der Waals surface area (Å²) in [6, 6.07) is 44.7. The van der Waals surface area contributed by atoms with Crippen LogP contribution in [0.3, 0.4) is 0 Å². The minimum atomic E-state index is 0.546. The fraction of sp³-hybridized carbons (Fsp3) is 0.0750. The van der Waals surface area contributed by atoms with E-state index in [0.29, 0.717) is 18.2 Å². The molecule has 0 radical (unpaired) electrons. The number of aliphatic imine (C=N–C) groups is 3. The third-order valence-corrected chi connectivity index (χ3v) is 8.07. The van der Waals surface area contributed by atoms with Gasteiger partial charge in [-0.1, -0.05) is 121 Å². The zero-order valence-electron chi connectivity index (χ0n) is 23.9. The van der Waals surface area contributed by atoms with Crippen molar-refractivity contribution in [1.29, 1.82) is 0 Å². The Morgan fingerprint density at radius 1 is 0.605 bits per heavy atom. The molecule has 0 amide bonds. The lowest BCUT2D eigenvalue weighted by molar-refractivity contribution is 0.969. The van der Waals surface area contributed by atoms with Crippen molar-refractivity contribution in [2.24, 2.45) is 15.0 Å². The van der Waals surface area contributed by atoms with Crippen LogP contribution in [0, 0.1) is 0 Å². The molecule has 0 unspecified atom stereocenters. The maximum Gasteiger partial charge on any atom is 0.161 e. The number of allylic oxidation sites excluding steroid dienone is 1. The van der Waals surface area contributed by atoms with Crippen molar-refractivity contribution >= 4 is 46.0 Å². The lowest BCUT2D eigenvalue weighted by atomic mass is 9.95. The van der Waals surface area contributed by atoms with Gasteiger partial charge in [-0.25, -0.2) is 9.98 Å². The summed E-state index contributed by atoms with van der Waals surface area (Å²) in [5, 5.41) is 4.78. The van der Waals surface area contributed by atoms with Crippen molar-refractivity contribution in [3.63, 3.8) is 0 Å². The van der Waals surface area contributed by atoms with E-state index in [2.05, 4.69) is 121 Å². The Bertz CT molecular complexity index is 2070. The molecule has 1 aliphatic carbocycles. The number of fused-ring (bicyclic) bond motifs is 3. The van der Waals surface area contributed by atoms with Gasteiger partial charge < -0.3 is 0 Å². The summed E-state index contributed by atoms with van der Waals surface area (Å²) in [6.45, 7) is 4.41. The third-order valence-electron chi connectivity index (χ3n) is 8.07. The molecule has 0 N–H and O–H groups in total. The highest BCUT2D eigenvalue weighted by Crippen LogP contribution is 2.28. The van der Waals surface area contributed by atoms with E-state index >= 15 is 0 Å². The van der Waals surface area contributed by atoms with E-state index in [1.807, 2.05) is 30.3 Å². The highest BCUT2D eigenvalue weighted by molar-refractivity contribution is 6.13. The van der Waals surface area contributed by atoms with Crippen LogP contribution in [0.2, 0.25) is 0 Å². The molecular formula is C40H31N3. The molecule has 0 fully saturated rings. The predicted octanol–water partition coefficient (Wildman–Crippen LogP) is 9.71. The van der Waals surface area contributed by atoms with Crippen LogP contribution in [-0.4, -0.2) is 18.4 Å². The quantitative estimate of drug-likeness (QED) is 0.151. The highest BCUT2D eigenvalue weighted by Gasteiger charge is 2.10. The molecule has 1 aliphatic rings. The molecular weight excluding hydrogens is 522 g/mol. The van der Waals surface area contributed by atoms with Crippen LogP contribution in [0.1, 0.15) is 34.2 Å². The van der Waals surface area contributed by atoms with Gasteiger partial charge in [0.25, 0.3) is 0 Å². The zero-order chi connectivity index (χ0) is 29.0. The minimum absolute atomic E-state index is 0.546. The summed E-state index contributed by atoms with van der Waals surface area (Å²) in [6.07, 6.45) is 6.61. The van der Waals surface area contributed by atoms with Gasteiger partial charge in [-0.05, 0) is 87.1 Å². The average Bonchev–Trinajstić information content (AvgIpc) is 3.08. The number of aryl methyl sites for hydroxylation is 1. The molecule has 43 heavy (non-hydrogen) atoms. The monoisotopic (exact) mass is 553 g/mol. The van der Waals surface area contributed by atoms with Gasteiger partial charge in [0.05, 0.1) is 6.54 Å². The second-order valence-corrected chi connectivity index (χ2v) is 10.9. The molecule has 0 aliphatic heterocycles. The largest absolute Gasteiger partial charge is 0.261 e. The van der Waals surface area contributed by atoms with E-state index in [-0.39, 0.29) is 0 Å². The normalized spacial score (nSPS) is 13.3. The highest BCUT2D eigenvalue weighted by atomic mass is 15.0. The lowest BCUT2D eigenvalue weighted by Crippen LogP contribution is -2.05. The molecule has 206 valence electrons. The van der Waals surface area contributed by atoms with Crippen LogP contribution in [0.15, 0.2) is 148 Å². The first-order chi connectivity index (χ1) is 21.2. The van der Waals surface area contributed by atoms with Crippen molar-refractivity contribution in [3.05, 3.63) is 161 Å². The second kappa shape index (κ2) is 11.8. The van der Waals surface area contributed by atoms with Gasteiger partial charge in [0.1, 0.15) is 0 Å². The van der Waals surface area contributed by atoms with Crippen LogP contribution in [0.4, 0.5) is 0 Å². The second-order valence-electron chi connectivity index (χ2n) is 10.9. The van der Waals surface area contributed by atoms with Crippen molar-refractivity contribution < 1.29 is 0 Å². The Morgan fingerprint density at radius 3 is 2.12 bits per heavy atom. The number of benzene rings is 6. The molecule has 6 aromatic carbocycles. The molecule has 3 heteroatoms. The number of nitrogens with zero attached hydrogens (tertiary/aromatic N) is 3. The van der Waals surface area contributed by atoms with Crippen LogP contribution in [0.25, 0.3) is 38.7 Å². The number of hydrogen-bond acceptors (Lipinski definition) is 1. The fourth-order valence-electron chi connectivity index (χ4n) is 5.76. The first kappa shape index (κ1) is 26.5. The number of rotatable bonds is 5. The Kier molecular flexibility index (Phi) is 7.29. The maximum atomic E-state index is 4.98. The first-order valence-corrected chi connectivity index (χ1v) is 14.7. The Labute approximate surface area is 252 Å². The van der Waals surface area contributed by atoms with E-state index < -0.39 is 0 Å². The molecule has 6 aromatic rings. The van der Waals surface area contributed by atoms with Gasteiger partial charge in [-0.15, -0.1) is 0 Å². The molecule has 0 heterocycles. The van der Waals surface area contributed by atoms with E-state index in [1.54, 1.807) is 0 Å². The van der Waals surface area contributed by atoms with E-state index in [9.17, 15) is 0 Å².